The molecule has 2 rings (SSSR count). The van der Waals surface area contributed by atoms with E-state index in [2.05, 4.69) is 15.4 Å². The zero-order chi connectivity index (χ0) is 19.8. The van der Waals surface area contributed by atoms with Gasteiger partial charge in [-0.25, -0.2) is 9.59 Å². The van der Waals surface area contributed by atoms with Crippen LogP contribution in [0, 0.1) is 0 Å². The summed E-state index contributed by atoms with van der Waals surface area (Å²) in [6, 6.07) is 12.3. The number of carbonyl (C=O) groups excluding carboxylic acids is 3. The van der Waals surface area contributed by atoms with Crippen LogP contribution >= 0.6 is 0 Å². The van der Waals surface area contributed by atoms with Crippen molar-refractivity contribution in [3.8, 4) is 0 Å². The van der Waals surface area contributed by atoms with Crippen molar-refractivity contribution < 1.29 is 29.0 Å². The zero-order valence-corrected chi connectivity index (χ0v) is 14.5. The second-order valence-electron chi connectivity index (χ2n) is 5.54. The van der Waals surface area contributed by atoms with Crippen LogP contribution in [0.15, 0.2) is 48.5 Å². The van der Waals surface area contributed by atoms with Crippen molar-refractivity contribution in [1.29, 1.82) is 0 Å². The molecule has 3 N–H and O–H groups in total. The first kappa shape index (κ1) is 19.8. The van der Waals surface area contributed by atoms with Gasteiger partial charge in [0.25, 0.3) is 0 Å². The van der Waals surface area contributed by atoms with E-state index in [0.29, 0.717) is 5.56 Å². The van der Waals surface area contributed by atoms with Crippen molar-refractivity contribution in [3.05, 3.63) is 65.2 Å². The average molecular weight is 370 g/mol. The molecule has 0 spiro atoms. The van der Waals surface area contributed by atoms with Gasteiger partial charge in [0.05, 0.1) is 31.3 Å². The maximum atomic E-state index is 12.0. The van der Waals surface area contributed by atoms with Crippen molar-refractivity contribution in [2.24, 2.45) is 0 Å². The van der Waals surface area contributed by atoms with Gasteiger partial charge in [0, 0.05) is 11.3 Å². The van der Waals surface area contributed by atoms with E-state index in [1.807, 2.05) is 0 Å². The van der Waals surface area contributed by atoms with Crippen LogP contribution < -0.4 is 10.6 Å². The number of carbonyl (C=O) groups is 4. The topological polar surface area (TPSA) is 122 Å². The Morgan fingerprint density at radius 1 is 0.926 bits per heavy atom. The normalized spacial score (nSPS) is 10.1. The summed E-state index contributed by atoms with van der Waals surface area (Å²) in [5.41, 5.74) is 0.499. The molecule has 0 saturated carbocycles. The van der Waals surface area contributed by atoms with Gasteiger partial charge in [-0.3, -0.25) is 9.59 Å². The molecule has 0 saturated heterocycles. The number of aromatic carboxylic acids is 1. The molecule has 27 heavy (non-hydrogen) atoms. The highest BCUT2D eigenvalue weighted by molar-refractivity contribution is 6.00. The van der Waals surface area contributed by atoms with Crippen molar-refractivity contribution in [2.75, 3.05) is 25.5 Å². The highest BCUT2D eigenvalue weighted by Gasteiger charge is 2.14. The number of rotatable bonds is 8. The predicted octanol–water partition coefficient (Wildman–Crippen LogP) is 1.58. The van der Waals surface area contributed by atoms with Crippen LogP contribution in [0.25, 0.3) is 0 Å². The second-order valence-corrected chi connectivity index (χ2v) is 5.54. The van der Waals surface area contributed by atoms with Gasteiger partial charge in [-0.15, -0.1) is 0 Å². The summed E-state index contributed by atoms with van der Waals surface area (Å²) < 4.78 is 4.57. The third-order valence-electron chi connectivity index (χ3n) is 3.55. The van der Waals surface area contributed by atoms with Gasteiger partial charge in [-0.1, -0.05) is 30.3 Å². The molecule has 0 radical (unpaired) electrons. The first-order chi connectivity index (χ1) is 12.9. The Bertz CT molecular complexity index is 864. The lowest BCUT2D eigenvalue weighted by Crippen LogP contribution is -2.32. The molecule has 0 unspecified atom stereocenters. The Balaban J connectivity index is 1.96. The summed E-state index contributed by atoms with van der Waals surface area (Å²) in [6.07, 6.45) is 0. The smallest absolute Gasteiger partial charge is 0.337 e. The highest BCUT2D eigenvalue weighted by atomic mass is 16.5. The molecule has 2 aromatic carbocycles. The van der Waals surface area contributed by atoms with Crippen LogP contribution in [-0.2, 0) is 9.53 Å². The summed E-state index contributed by atoms with van der Waals surface area (Å²) in [5, 5.41) is 14.3. The minimum atomic E-state index is -1.25. The summed E-state index contributed by atoms with van der Waals surface area (Å²) in [4.78, 5) is 46.8. The fraction of sp³-hybridized carbons (Fsp3) is 0.158. The SMILES string of the molecule is COC(=O)c1cc(NC(=O)CNCC(=O)c2ccccc2)cc(C(=O)O)c1. The Morgan fingerprint density at radius 3 is 2.22 bits per heavy atom. The van der Waals surface area contributed by atoms with Gasteiger partial charge in [-0.2, -0.15) is 0 Å². The van der Waals surface area contributed by atoms with Crippen molar-refractivity contribution in [2.45, 2.75) is 0 Å². The van der Waals surface area contributed by atoms with E-state index in [4.69, 9.17) is 5.11 Å². The van der Waals surface area contributed by atoms with Crippen molar-refractivity contribution in [3.63, 3.8) is 0 Å². The van der Waals surface area contributed by atoms with E-state index < -0.39 is 17.8 Å². The Labute approximate surface area is 155 Å². The minimum Gasteiger partial charge on any atom is -0.478 e. The van der Waals surface area contributed by atoms with Crippen LogP contribution in [-0.4, -0.2) is 48.9 Å². The molecular formula is C19H18N2O6. The lowest BCUT2D eigenvalue weighted by atomic mass is 10.1. The number of esters is 1. The number of hydrogen-bond acceptors (Lipinski definition) is 6. The molecule has 0 fully saturated rings. The largest absolute Gasteiger partial charge is 0.478 e. The molecule has 2 aromatic rings. The summed E-state index contributed by atoms with van der Waals surface area (Å²) >= 11 is 0. The lowest BCUT2D eigenvalue weighted by molar-refractivity contribution is -0.115. The predicted molar refractivity (Wildman–Crippen MR) is 97.0 cm³/mol. The fourth-order valence-electron chi connectivity index (χ4n) is 2.28. The molecule has 1 amide bonds. The molecule has 0 aliphatic carbocycles. The van der Waals surface area contributed by atoms with Crippen LogP contribution in [0.2, 0.25) is 0 Å². The first-order valence-corrected chi connectivity index (χ1v) is 7.96. The maximum Gasteiger partial charge on any atom is 0.337 e. The van der Waals surface area contributed by atoms with Crippen LogP contribution in [0.3, 0.4) is 0 Å². The number of Topliss-reactive ketones (excluding diaryl/α,β-unsaturated/α-hetero) is 1. The van der Waals surface area contributed by atoms with E-state index in [0.717, 1.165) is 6.07 Å². The molecule has 140 valence electrons. The average Bonchev–Trinajstić information content (AvgIpc) is 2.67. The molecule has 8 nitrogen and oxygen atoms in total. The molecule has 0 atom stereocenters. The number of carboxylic acid groups (broad SMARTS) is 1. The molecular weight excluding hydrogens is 352 g/mol. The summed E-state index contributed by atoms with van der Waals surface area (Å²) in [5.74, 6) is -2.62. The Morgan fingerprint density at radius 2 is 1.59 bits per heavy atom. The minimum absolute atomic E-state index is 0.0000791. The van der Waals surface area contributed by atoms with Gasteiger partial charge >= 0.3 is 11.9 Å². The first-order valence-electron chi connectivity index (χ1n) is 7.96. The van der Waals surface area contributed by atoms with E-state index in [1.165, 1.54) is 19.2 Å². The third kappa shape index (κ3) is 5.75. The standard InChI is InChI=1S/C19H18N2O6/c1-27-19(26)14-7-13(18(24)25)8-15(9-14)21-17(23)11-20-10-16(22)12-5-3-2-4-6-12/h2-9,20H,10-11H2,1H3,(H,21,23)(H,24,25). The molecule has 0 bridgehead atoms. The monoisotopic (exact) mass is 370 g/mol. The molecule has 0 heterocycles. The number of carboxylic acids is 1. The number of ether oxygens (including phenoxy) is 1. The van der Waals surface area contributed by atoms with Gasteiger partial charge in [0.1, 0.15) is 0 Å². The van der Waals surface area contributed by atoms with Gasteiger partial charge in [0.2, 0.25) is 5.91 Å². The van der Waals surface area contributed by atoms with E-state index in [1.54, 1.807) is 30.3 Å². The van der Waals surface area contributed by atoms with Gasteiger partial charge < -0.3 is 20.5 Å². The summed E-state index contributed by atoms with van der Waals surface area (Å²) in [6.45, 7) is -0.191. The maximum absolute atomic E-state index is 12.0. The number of benzene rings is 2. The van der Waals surface area contributed by atoms with E-state index >= 15 is 0 Å². The van der Waals surface area contributed by atoms with Gasteiger partial charge in [-0.05, 0) is 18.2 Å². The highest BCUT2D eigenvalue weighted by Crippen LogP contribution is 2.16. The Hall–Kier alpha value is -3.52. The second kappa shape index (κ2) is 9.25. The van der Waals surface area contributed by atoms with Crippen molar-refractivity contribution >= 4 is 29.3 Å². The van der Waals surface area contributed by atoms with E-state index in [9.17, 15) is 19.2 Å². The molecule has 0 aliphatic heterocycles. The van der Waals surface area contributed by atoms with Crippen LogP contribution in [0.4, 0.5) is 5.69 Å². The van der Waals surface area contributed by atoms with Crippen LogP contribution in [0.1, 0.15) is 31.1 Å². The number of anilines is 1. The number of nitrogens with one attached hydrogen (secondary N) is 2. The van der Waals surface area contributed by atoms with Gasteiger partial charge in [0.15, 0.2) is 5.78 Å². The number of ketones is 1. The molecule has 8 heteroatoms. The number of amides is 1. The summed E-state index contributed by atoms with van der Waals surface area (Å²) in [7, 11) is 1.17. The zero-order valence-electron chi connectivity index (χ0n) is 14.5. The van der Waals surface area contributed by atoms with E-state index in [-0.39, 0.29) is 35.7 Å². The van der Waals surface area contributed by atoms with Crippen molar-refractivity contribution in [1.82, 2.24) is 5.32 Å². The molecule has 0 aromatic heterocycles. The molecule has 0 aliphatic rings. The quantitative estimate of drug-likeness (QED) is 0.476. The lowest BCUT2D eigenvalue weighted by Gasteiger charge is -2.09. The Kier molecular flexibility index (Phi) is 6.79. The number of hydrogen-bond donors (Lipinski definition) is 3. The fourth-order valence-corrected chi connectivity index (χ4v) is 2.28. The van der Waals surface area contributed by atoms with Crippen LogP contribution in [0.5, 0.6) is 0 Å². The third-order valence-corrected chi connectivity index (χ3v) is 3.55. The number of methoxy groups -OCH3 is 1.